The van der Waals surface area contributed by atoms with Crippen LogP contribution in [0.2, 0.25) is 0 Å². The van der Waals surface area contributed by atoms with Crippen molar-refractivity contribution in [2.75, 3.05) is 31.7 Å². The Kier molecular flexibility index (Phi) is 6.94. The number of hydrogen-bond acceptors (Lipinski definition) is 4. The van der Waals surface area contributed by atoms with Crippen LogP contribution in [0, 0.1) is 0 Å². The molecule has 1 amide bonds. The molecule has 23 heavy (non-hydrogen) atoms. The number of anilines is 1. The highest BCUT2D eigenvalue weighted by atomic mass is 16.5. The Morgan fingerprint density at radius 1 is 0.913 bits per heavy atom. The van der Waals surface area contributed by atoms with E-state index in [4.69, 9.17) is 14.2 Å². The number of carbonyl (C=O) groups excluding carboxylic acids is 1. The zero-order chi connectivity index (χ0) is 16.3. The zero-order valence-electron chi connectivity index (χ0n) is 13.2. The summed E-state index contributed by atoms with van der Waals surface area (Å²) >= 11 is 0. The zero-order valence-corrected chi connectivity index (χ0v) is 13.2. The summed E-state index contributed by atoms with van der Waals surface area (Å²) in [6.07, 6.45) is 0. The van der Waals surface area contributed by atoms with Gasteiger partial charge in [-0.15, -0.1) is 0 Å². The first-order valence-corrected chi connectivity index (χ1v) is 7.56. The summed E-state index contributed by atoms with van der Waals surface area (Å²) in [5.41, 5.74) is 0.749. The normalized spacial score (nSPS) is 10.1. The lowest BCUT2D eigenvalue weighted by molar-refractivity contribution is -0.118. The Morgan fingerprint density at radius 3 is 2.22 bits per heavy atom. The molecule has 5 nitrogen and oxygen atoms in total. The van der Waals surface area contributed by atoms with E-state index in [1.165, 1.54) is 0 Å². The summed E-state index contributed by atoms with van der Waals surface area (Å²) in [5, 5.41) is 2.76. The van der Waals surface area contributed by atoms with Gasteiger partial charge in [0, 0.05) is 12.3 Å². The topological polar surface area (TPSA) is 56.8 Å². The molecule has 0 atom stereocenters. The lowest BCUT2D eigenvalue weighted by atomic mass is 10.3. The summed E-state index contributed by atoms with van der Waals surface area (Å²) in [4.78, 5) is 11.8. The quantitative estimate of drug-likeness (QED) is 0.722. The third kappa shape index (κ3) is 6.40. The van der Waals surface area contributed by atoms with E-state index in [-0.39, 0.29) is 12.5 Å². The van der Waals surface area contributed by atoms with Crippen molar-refractivity contribution in [3.8, 4) is 11.5 Å². The van der Waals surface area contributed by atoms with Gasteiger partial charge in [0.1, 0.15) is 18.1 Å². The number of amides is 1. The maximum atomic E-state index is 11.8. The average molecular weight is 315 g/mol. The van der Waals surface area contributed by atoms with E-state index in [2.05, 4.69) is 5.32 Å². The van der Waals surface area contributed by atoms with Crippen LogP contribution < -0.4 is 14.8 Å². The van der Waals surface area contributed by atoms with Crippen LogP contribution in [0.15, 0.2) is 54.6 Å². The summed E-state index contributed by atoms with van der Waals surface area (Å²) in [5.74, 6) is 1.16. The molecule has 0 unspecified atom stereocenters. The van der Waals surface area contributed by atoms with Crippen molar-refractivity contribution in [2.45, 2.75) is 6.92 Å². The van der Waals surface area contributed by atoms with E-state index in [0.29, 0.717) is 25.6 Å². The van der Waals surface area contributed by atoms with Gasteiger partial charge in [0.05, 0.1) is 6.61 Å². The predicted octanol–water partition coefficient (Wildman–Crippen LogP) is 3.12. The number of hydrogen-bond donors (Lipinski definition) is 1. The highest BCUT2D eigenvalue weighted by Crippen LogP contribution is 2.17. The number of ether oxygens (including phenoxy) is 3. The van der Waals surface area contributed by atoms with Crippen LogP contribution in [0.5, 0.6) is 11.5 Å². The van der Waals surface area contributed by atoms with Crippen LogP contribution in [0.4, 0.5) is 5.69 Å². The van der Waals surface area contributed by atoms with Gasteiger partial charge in [-0.05, 0) is 43.3 Å². The van der Waals surface area contributed by atoms with Gasteiger partial charge in [-0.1, -0.05) is 18.2 Å². The van der Waals surface area contributed by atoms with Gasteiger partial charge in [-0.25, -0.2) is 0 Å². The molecule has 0 aliphatic carbocycles. The van der Waals surface area contributed by atoms with Crippen molar-refractivity contribution in [3.63, 3.8) is 0 Å². The summed E-state index contributed by atoms with van der Waals surface area (Å²) < 4.78 is 16.2. The minimum Gasteiger partial charge on any atom is -0.491 e. The van der Waals surface area contributed by atoms with Gasteiger partial charge in [0.25, 0.3) is 5.91 Å². The third-order valence-corrected chi connectivity index (χ3v) is 2.95. The Bertz CT molecular complexity index is 584. The fourth-order valence-corrected chi connectivity index (χ4v) is 1.86. The summed E-state index contributed by atoms with van der Waals surface area (Å²) in [6, 6.07) is 16.4. The number of rotatable bonds is 9. The van der Waals surface area contributed by atoms with Crippen molar-refractivity contribution in [3.05, 3.63) is 54.6 Å². The smallest absolute Gasteiger partial charge is 0.262 e. The fraction of sp³-hybridized carbons (Fsp3) is 0.278. The van der Waals surface area contributed by atoms with E-state index in [9.17, 15) is 4.79 Å². The Morgan fingerprint density at radius 2 is 1.57 bits per heavy atom. The maximum absolute atomic E-state index is 11.8. The van der Waals surface area contributed by atoms with Crippen LogP contribution >= 0.6 is 0 Å². The molecule has 1 N–H and O–H groups in total. The third-order valence-electron chi connectivity index (χ3n) is 2.95. The molecule has 2 aromatic carbocycles. The largest absolute Gasteiger partial charge is 0.491 e. The van der Waals surface area contributed by atoms with E-state index in [1.807, 2.05) is 37.3 Å². The molecule has 0 saturated carbocycles. The second-order valence-electron chi connectivity index (χ2n) is 4.72. The van der Waals surface area contributed by atoms with Gasteiger partial charge in [0.2, 0.25) is 0 Å². The van der Waals surface area contributed by atoms with Gasteiger partial charge < -0.3 is 19.5 Å². The molecule has 0 fully saturated rings. The van der Waals surface area contributed by atoms with Crippen LogP contribution in [0.1, 0.15) is 6.92 Å². The first-order chi connectivity index (χ1) is 11.3. The molecule has 0 spiro atoms. The van der Waals surface area contributed by atoms with Crippen molar-refractivity contribution in [1.82, 2.24) is 0 Å². The van der Waals surface area contributed by atoms with Crippen molar-refractivity contribution in [2.24, 2.45) is 0 Å². The summed E-state index contributed by atoms with van der Waals surface area (Å²) in [6.45, 7) is 3.66. The molecule has 2 rings (SSSR count). The Balaban J connectivity index is 1.72. The first-order valence-electron chi connectivity index (χ1n) is 7.56. The Labute approximate surface area is 136 Å². The van der Waals surface area contributed by atoms with E-state index in [0.717, 1.165) is 11.4 Å². The molecule has 0 aliphatic rings. The SMILES string of the molecule is CCOCCOc1ccc(OCC(=O)Nc2ccccc2)cc1. The number of para-hydroxylation sites is 1. The number of nitrogens with one attached hydrogen (secondary N) is 1. The lowest BCUT2D eigenvalue weighted by Crippen LogP contribution is -2.20. The molecule has 0 bridgehead atoms. The predicted molar refractivity (Wildman–Crippen MR) is 89.0 cm³/mol. The van der Waals surface area contributed by atoms with Crippen molar-refractivity contribution >= 4 is 11.6 Å². The lowest BCUT2D eigenvalue weighted by Gasteiger charge is -2.09. The van der Waals surface area contributed by atoms with E-state index >= 15 is 0 Å². The van der Waals surface area contributed by atoms with Crippen LogP contribution in [0.25, 0.3) is 0 Å². The highest BCUT2D eigenvalue weighted by molar-refractivity contribution is 5.91. The van der Waals surface area contributed by atoms with Gasteiger partial charge in [-0.3, -0.25) is 4.79 Å². The average Bonchev–Trinajstić information content (AvgIpc) is 2.59. The molecule has 5 heteroatoms. The standard InChI is InChI=1S/C18H21NO4/c1-2-21-12-13-22-16-8-10-17(11-9-16)23-14-18(20)19-15-6-4-3-5-7-15/h3-11H,2,12-14H2,1H3,(H,19,20). The molecule has 2 aromatic rings. The minimum absolute atomic E-state index is 0.0422. The van der Waals surface area contributed by atoms with Crippen LogP contribution in [-0.4, -0.2) is 32.3 Å². The van der Waals surface area contributed by atoms with Gasteiger partial charge >= 0.3 is 0 Å². The Hall–Kier alpha value is -2.53. The highest BCUT2D eigenvalue weighted by Gasteiger charge is 2.03. The molecule has 0 aromatic heterocycles. The molecule has 0 radical (unpaired) electrons. The van der Waals surface area contributed by atoms with Crippen molar-refractivity contribution < 1.29 is 19.0 Å². The molecule has 0 heterocycles. The second kappa shape index (κ2) is 9.48. The molecular formula is C18H21NO4. The molecule has 0 aliphatic heterocycles. The van der Waals surface area contributed by atoms with Crippen LogP contribution in [-0.2, 0) is 9.53 Å². The van der Waals surface area contributed by atoms with Crippen molar-refractivity contribution in [1.29, 1.82) is 0 Å². The fourth-order valence-electron chi connectivity index (χ4n) is 1.86. The van der Waals surface area contributed by atoms with E-state index in [1.54, 1.807) is 24.3 Å². The summed E-state index contributed by atoms with van der Waals surface area (Å²) in [7, 11) is 0. The molecular weight excluding hydrogens is 294 g/mol. The van der Waals surface area contributed by atoms with Crippen LogP contribution in [0.3, 0.4) is 0 Å². The monoisotopic (exact) mass is 315 g/mol. The first kappa shape index (κ1) is 16.8. The van der Waals surface area contributed by atoms with Gasteiger partial charge in [-0.2, -0.15) is 0 Å². The molecule has 0 saturated heterocycles. The number of carbonyl (C=O) groups is 1. The van der Waals surface area contributed by atoms with Gasteiger partial charge in [0.15, 0.2) is 6.61 Å². The van der Waals surface area contributed by atoms with E-state index < -0.39 is 0 Å². The number of benzene rings is 2. The minimum atomic E-state index is -0.201. The second-order valence-corrected chi connectivity index (χ2v) is 4.72. The maximum Gasteiger partial charge on any atom is 0.262 e. The molecule has 122 valence electrons.